The molecule has 1 N–H and O–H groups in total. The van der Waals surface area contributed by atoms with Crippen LogP contribution in [0.5, 0.6) is 0 Å². The molecule has 0 aliphatic heterocycles. The summed E-state index contributed by atoms with van der Waals surface area (Å²) in [5, 5.41) is 7.14. The van der Waals surface area contributed by atoms with Gasteiger partial charge in [-0.3, -0.25) is 9.48 Å². The van der Waals surface area contributed by atoms with Gasteiger partial charge in [-0.25, -0.2) is 4.39 Å². The zero-order valence-electron chi connectivity index (χ0n) is 13.6. The Morgan fingerprint density at radius 2 is 2.04 bits per heavy atom. The predicted molar refractivity (Wildman–Crippen MR) is 104 cm³/mol. The van der Waals surface area contributed by atoms with E-state index in [2.05, 4.69) is 10.4 Å². The molecule has 0 radical (unpaired) electrons. The van der Waals surface area contributed by atoms with Crippen molar-refractivity contribution in [3.63, 3.8) is 0 Å². The number of thioether (sulfide) groups is 1. The molecular weight excluding hydrogens is 373 g/mol. The molecule has 26 heavy (non-hydrogen) atoms. The summed E-state index contributed by atoms with van der Waals surface area (Å²) in [6, 6.07) is 14.3. The molecule has 0 saturated carbocycles. The topological polar surface area (TPSA) is 46.9 Å². The van der Waals surface area contributed by atoms with E-state index < -0.39 is 5.82 Å². The predicted octanol–water partition coefficient (Wildman–Crippen LogP) is 5.08. The average molecular weight is 388 g/mol. The quantitative estimate of drug-likeness (QED) is 0.474. The van der Waals surface area contributed by atoms with Crippen LogP contribution in [0, 0.1) is 5.82 Å². The van der Waals surface area contributed by atoms with E-state index in [1.807, 2.05) is 30.3 Å². The highest BCUT2D eigenvalue weighted by molar-refractivity contribution is 7.98. The largest absolute Gasteiger partial charge is 0.320 e. The fraction of sp³-hybridized carbons (Fsp3) is 0.0526. The molecule has 4 nitrogen and oxygen atoms in total. The molecule has 132 valence electrons. The number of hydrogen-bond acceptors (Lipinski definition) is 3. The molecule has 0 aliphatic carbocycles. The van der Waals surface area contributed by atoms with Crippen LogP contribution in [0.15, 0.2) is 71.9 Å². The second-order valence-electron chi connectivity index (χ2n) is 5.31. The highest BCUT2D eigenvalue weighted by Crippen LogP contribution is 2.21. The van der Waals surface area contributed by atoms with Crippen molar-refractivity contribution in [2.24, 2.45) is 0 Å². The molecule has 0 unspecified atom stereocenters. The minimum atomic E-state index is -0.479. The van der Waals surface area contributed by atoms with Gasteiger partial charge in [0.15, 0.2) is 0 Å². The monoisotopic (exact) mass is 387 g/mol. The van der Waals surface area contributed by atoms with Gasteiger partial charge in [0.2, 0.25) is 5.91 Å². The fourth-order valence-electron chi connectivity index (χ4n) is 2.17. The molecular formula is C19H15ClFN3OS. The molecule has 7 heteroatoms. The molecule has 2 aromatic carbocycles. The van der Waals surface area contributed by atoms with Crippen LogP contribution in [0.2, 0.25) is 5.02 Å². The Labute approximate surface area is 159 Å². The number of carbonyl (C=O) groups is 1. The third-order valence-corrected chi connectivity index (χ3v) is 4.74. The maximum Gasteiger partial charge on any atom is 0.248 e. The van der Waals surface area contributed by atoms with E-state index in [4.69, 9.17) is 11.6 Å². The Morgan fingerprint density at radius 1 is 1.23 bits per heavy atom. The van der Waals surface area contributed by atoms with Gasteiger partial charge in [-0.2, -0.15) is 5.10 Å². The van der Waals surface area contributed by atoms with Gasteiger partial charge < -0.3 is 5.32 Å². The highest BCUT2D eigenvalue weighted by Gasteiger charge is 2.05. The van der Waals surface area contributed by atoms with Crippen molar-refractivity contribution in [1.82, 2.24) is 9.78 Å². The summed E-state index contributed by atoms with van der Waals surface area (Å²) in [6.45, 7) is 0. The number of halogens is 2. The number of benzene rings is 2. The number of aromatic nitrogens is 2. The number of rotatable bonds is 6. The lowest BCUT2D eigenvalue weighted by Crippen LogP contribution is -2.07. The summed E-state index contributed by atoms with van der Waals surface area (Å²) in [4.78, 5) is 13.1. The first-order valence-electron chi connectivity index (χ1n) is 7.75. The van der Waals surface area contributed by atoms with Crippen molar-refractivity contribution in [3.8, 4) is 0 Å². The molecule has 1 amide bonds. The standard InChI is InChI=1S/C19H15ClFN3OS/c20-17-7-4-8-18(21)16(17)9-10-19(25)23-14-11-22-24(12-14)13-26-15-5-2-1-3-6-15/h1-12H,13H2,(H,23,25). The molecule has 0 saturated heterocycles. The number of hydrogen-bond donors (Lipinski definition) is 1. The lowest BCUT2D eigenvalue weighted by atomic mass is 10.2. The fourth-order valence-corrected chi connectivity index (χ4v) is 3.17. The average Bonchev–Trinajstić information content (AvgIpc) is 3.08. The second kappa shape index (κ2) is 8.69. The van der Waals surface area contributed by atoms with Crippen LogP contribution in [0.1, 0.15) is 5.56 Å². The van der Waals surface area contributed by atoms with E-state index in [0.29, 0.717) is 11.6 Å². The minimum absolute atomic E-state index is 0.180. The summed E-state index contributed by atoms with van der Waals surface area (Å²) in [5.74, 6) is -0.243. The van der Waals surface area contributed by atoms with Gasteiger partial charge in [0.05, 0.1) is 22.8 Å². The van der Waals surface area contributed by atoms with Crippen LogP contribution in [0.3, 0.4) is 0 Å². The Morgan fingerprint density at radius 3 is 2.81 bits per heavy atom. The van der Waals surface area contributed by atoms with Crippen molar-refractivity contribution >= 4 is 41.0 Å². The van der Waals surface area contributed by atoms with E-state index in [1.54, 1.807) is 34.9 Å². The van der Waals surface area contributed by atoms with Crippen LogP contribution < -0.4 is 5.32 Å². The Bertz CT molecular complexity index is 907. The lowest BCUT2D eigenvalue weighted by molar-refractivity contribution is -0.111. The van der Waals surface area contributed by atoms with E-state index in [9.17, 15) is 9.18 Å². The van der Waals surface area contributed by atoms with Gasteiger partial charge in [-0.15, -0.1) is 11.8 Å². The van der Waals surface area contributed by atoms with E-state index in [-0.39, 0.29) is 16.5 Å². The first-order valence-corrected chi connectivity index (χ1v) is 9.11. The van der Waals surface area contributed by atoms with Gasteiger partial charge in [0.1, 0.15) is 5.82 Å². The molecule has 0 spiro atoms. The number of amides is 1. The van der Waals surface area contributed by atoms with Crippen LogP contribution in [-0.2, 0) is 10.7 Å². The summed E-state index contributed by atoms with van der Waals surface area (Å²) >= 11 is 7.56. The summed E-state index contributed by atoms with van der Waals surface area (Å²) < 4.78 is 15.4. The molecule has 3 rings (SSSR count). The normalized spacial score (nSPS) is 11.0. The van der Waals surface area contributed by atoms with E-state index >= 15 is 0 Å². The van der Waals surface area contributed by atoms with Gasteiger partial charge in [0, 0.05) is 22.7 Å². The minimum Gasteiger partial charge on any atom is -0.320 e. The molecule has 0 atom stereocenters. The zero-order valence-corrected chi connectivity index (χ0v) is 15.2. The number of anilines is 1. The molecule has 0 bridgehead atoms. The first kappa shape index (κ1) is 18.2. The van der Waals surface area contributed by atoms with E-state index in [1.165, 1.54) is 24.3 Å². The first-order chi connectivity index (χ1) is 12.6. The summed E-state index contributed by atoms with van der Waals surface area (Å²) in [6.07, 6.45) is 5.88. The molecule has 1 aromatic heterocycles. The SMILES string of the molecule is O=C(C=Cc1c(F)cccc1Cl)Nc1cnn(CSc2ccccc2)c1. The summed E-state index contributed by atoms with van der Waals surface area (Å²) in [7, 11) is 0. The van der Waals surface area contributed by atoms with Crippen molar-refractivity contribution in [3.05, 3.63) is 83.4 Å². The van der Waals surface area contributed by atoms with Gasteiger partial charge >= 0.3 is 0 Å². The molecule has 0 aliphatic rings. The third kappa shape index (κ3) is 4.97. The molecule has 0 fully saturated rings. The summed E-state index contributed by atoms with van der Waals surface area (Å²) in [5.41, 5.74) is 0.743. The van der Waals surface area contributed by atoms with Crippen molar-refractivity contribution < 1.29 is 9.18 Å². The van der Waals surface area contributed by atoms with Crippen LogP contribution in [-0.4, -0.2) is 15.7 Å². The maximum atomic E-state index is 13.7. The highest BCUT2D eigenvalue weighted by atomic mass is 35.5. The Kier molecular flexibility index (Phi) is 6.09. The van der Waals surface area contributed by atoms with Crippen LogP contribution >= 0.6 is 23.4 Å². The van der Waals surface area contributed by atoms with E-state index in [0.717, 1.165) is 4.90 Å². The van der Waals surface area contributed by atoms with Crippen molar-refractivity contribution in [2.45, 2.75) is 10.8 Å². The number of nitrogens with one attached hydrogen (secondary N) is 1. The number of carbonyl (C=O) groups excluding carboxylic acids is 1. The van der Waals surface area contributed by atoms with Crippen LogP contribution in [0.25, 0.3) is 6.08 Å². The lowest BCUT2D eigenvalue weighted by Gasteiger charge is -2.01. The molecule has 1 heterocycles. The molecule has 3 aromatic rings. The van der Waals surface area contributed by atoms with Gasteiger partial charge in [-0.1, -0.05) is 35.9 Å². The Hall–Kier alpha value is -2.57. The van der Waals surface area contributed by atoms with Gasteiger partial charge in [0.25, 0.3) is 0 Å². The second-order valence-corrected chi connectivity index (χ2v) is 6.74. The zero-order chi connectivity index (χ0) is 18.4. The smallest absolute Gasteiger partial charge is 0.248 e. The van der Waals surface area contributed by atoms with Crippen molar-refractivity contribution in [1.29, 1.82) is 0 Å². The maximum absolute atomic E-state index is 13.7. The van der Waals surface area contributed by atoms with Crippen LogP contribution in [0.4, 0.5) is 10.1 Å². The third-order valence-electron chi connectivity index (χ3n) is 3.41. The van der Waals surface area contributed by atoms with Gasteiger partial charge in [-0.05, 0) is 30.3 Å². The Balaban J connectivity index is 1.57. The van der Waals surface area contributed by atoms with Crippen molar-refractivity contribution in [2.75, 3.05) is 5.32 Å². The number of nitrogens with zero attached hydrogens (tertiary/aromatic N) is 2.